The Kier molecular flexibility index (Phi) is 6.00. The van der Waals surface area contributed by atoms with E-state index in [1.807, 2.05) is 6.07 Å². The molecule has 6 heteroatoms. The molecule has 0 radical (unpaired) electrons. The lowest BCUT2D eigenvalue weighted by Crippen LogP contribution is -2.41. The van der Waals surface area contributed by atoms with Crippen molar-refractivity contribution in [2.45, 2.75) is 64.4 Å². The number of amides is 1. The van der Waals surface area contributed by atoms with E-state index in [-0.39, 0.29) is 23.8 Å². The molecule has 2 aliphatic rings. The molecule has 0 bridgehead atoms. The molecule has 2 heterocycles. The maximum atomic E-state index is 12.7. The van der Waals surface area contributed by atoms with E-state index in [0.717, 1.165) is 47.6 Å². The molecule has 3 aromatic rings. The van der Waals surface area contributed by atoms with Gasteiger partial charge in [0.25, 0.3) is 0 Å². The van der Waals surface area contributed by atoms with Crippen molar-refractivity contribution in [1.82, 2.24) is 15.3 Å². The van der Waals surface area contributed by atoms with Crippen LogP contribution in [0.1, 0.15) is 60.5 Å². The second-order valence-electron chi connectivity index (χ2n) is 9.65. The summed E-state index contributed by atoms with van der Waals surface area (Å²) in [5.74, 6) is 2.69. The number of ether oxygens (including phenoxy) is 2. The first kappa shape index (κ1) is 21.8. The largest absolute Gasteiger partial charge is 0.493 e. The monoisotopic (exact) mass is 447 g/mol. The molecular weight excluding hydrogens is 414 g/mol. The van der Waals surface area contributed by atoms with Crippen molar-refractivity contribution in [3.8, 4) is 11.5 Å². The molecule has 33 heavy (non-hydrogen) atoms. The molecule has 5 rings (SSSR count). The smallest absolute Gasteiger partial charge is 0.223 e. The number of nitrogens with zero attached hydrogens (tertiary/aromatic N) is 1. The third kappa shape index (κ3) is 4.56. The van der Waals surface area contributed by atoms with Gasteiger partial charge in [-0.2, -0.15) is 0 Å². The fourth-order valence-electron chi connectivity index (χ4n) is 5.21. The van der Waals surface area contributed by atoms with E-state index in [9.17, 15) is 4.79 Å². The van der Waals surface area contributed by atoms with Crippen molar-refractivity contribution in [2.75, 3.05) is 13.7 Å². The molecule has 6 nitrogen and oxygen atoms in total. The number of nitrogens with one attached hydrogen (secondary N) is 2. The van der Waals surface area contributed by atoms with E-state index in [2.05, 4.69) is 48.4 Å². The summed E-state index contributed by atoms with van der Waals surface area (Å²) >= 11 is 0. The molecule has 2 atom stereocenters. The van der Waals surface area contributed by atoms with Gasteiger partial charge in [-0.25, -0.2) is 4.98 Å². The van der Waals surface area contributed by atoms with Gasteiger partial charge in [0.05, 0.1) is 24.2 Å². The molecule has 1 saturated carbocycles. The number of hydrogen-bond acceptors (Lipinski definition) is 4. The number of aromatic nitrogens is 2. The summed E-state index contributed by atoms with van der Waals surface area (Å²) in [5.41, 5.74) is 5.65. The topological polar surface area (TPSA) is 76.2 Å². The summed E-state index contributed by atoms with van der Waals surface area (Å²) in [7, 11) is 1.68. The highest BCUT2D eigenvalue weighted by Crippen LogP contribution is 2.37. The summed E-state index contributed by atoms with van der Waals surface area (Å²) in [6.45, 7) is 4.85. The fourth-order valence-corrected chi connectivity index (χ4v) is 5.21. The number of carbonyl (C=O) groups excluding carboxylic acids is 1. The van der Waals surface area contributed by atoms with Crippen LogP contribution in [0.4, 0.5) is 0 Å². The van der Waals surface area contributed by atoms with Crippen LogP contribution in [-0.4, -0.2) is 35.6 Å². The van der Waals surface area contributed by atoms with Gasteiger partial charge in [-0.05, 0) is 86.9 Å². The number of methoxy groups -OCH3 is 1. The first-order chi connectivity index (χ1) is 16.0. The fraction of sp³-hybridized carbons (Fsp3) is 0.481. The van der Waals surface area contributed by atoms with Crippen LogP contribution in [0.5, 0.6) is 11.5 Å². The Morgan fingerprint density at radius 3 is 2.64 bits per heavy atom. The van der Waals surface area contributed by atoms with Crippen molar-refractivity contribution in [2.24, 2.45) is 5.92 Å². The van der Waals surface area contributed by atoms with Gasteiger partial charge in [0.15, 0.2) is 11.5 Å². The van der Waals surface area contributed by atoms with Crippen LogP contribution in [0.2, 0.25) is 0 Å². The zero-order valence-corrected chi connectivity index (χ0v) is 19.7. The third-order valence-electron chi connectivity index (χ3n) is 7.30. The molecule has 2 aromatic carbocycles. The minimum Gasteiger partial charge on any atom is -0.493 e. The standard InChI is InChI=1S/C27H33N3O3/c1-16-10-22-23(11-17(16)2)30-26(29-22)14-19-12-20(15-28-27(19)31)18-8-9-24(32-3)25(13-18)33-21-6-4-5-7-21/h8-11,13,19-21H,4-7,12,14-15H2,1-3H3,(H,28,31)(H,29,30). The van der Waals surface area contributed by atoms with Crippen LogP contribution in [0, 0.1) is 19.8 Å². The number of piperidine rings is 1. The summed E-state index contributed by atoms with van der Waals surface area (Å²) in [5, 5.41) is 3.12. The van der Waals surface area contributed by atoms with Crippen LogP contribution in [-0.2, 0) is 11.2 Å². The summed E-state index contributed by atoms with van der Waals surface area (Å²) in [6, 6.07) is 10.5. The average Bonchev–Trinajstić information content (AvgIpc) is 3.45. The second-order valence-corrected chi connectivity index (χ2v) is 9.65. The highest BCUT2D eigenvalue weighted by Gasteiger charge is 2.31. The number of aromatic amines is 1. The van der Waals surface area contributed by atoms with Crippen molar-refractivity contribution >= 4 is 16.9 Å². The lowest BCUT2D eigenvalue weighted by Gasteiger charge is -2.29. The Hall–Kier alpha value is -3.02. The van der Waals surface area contributed by atoms with Crippen molar-refractivity contribution in [3.05, 3.63) is 52.8 Å². The average molecular weight is 448 g/mol. The summed E-state index contributed by atoms with van der Waals surface area (Å²) < 4.78 is 11.9. The number of aryl methyl sites for hydroxylation is 2. The van der Waals surface area contributed by atoms with Crippen LogP contribution in [0.15, 0.2) is 30.3 Å². The molecule has 1 aliphatic carbocycles. The SMILES string of the molecule is COc1ccc(C2CNC(=O)C(Cc3nc4cc(C)c(C)cc4[nH]3)C2)cc1OC1CCCC1. The van der Waals surface area contributed by atoms with Crippen LogP contribution in [0.3, 0.4) is 0 Å². The van der Waals surface area contributed by atoms with E-state index in [0.29, 0.717) is 13.0 Å². The molecule has 1 aliphatic heterocycles. The van der Waals surface area contributed by atoms with Crippen molar-refractivity contribution in [3.63, 3.8) is 0 Å². The first-order valence-corrected chi connectivity index (χ1v) is 12.1. The maximum Gasteiger partial charge on any atom is 0.223 e. The molecule has 1 aromatic heterocycles. The number of carbonyl (C=O) groups is 1. The van der Waals surface area contributed by atoms with Gasteiger partial charge in [-0.3, -0.25) is 4.79 Å². The van der Waals surface area contributed by atoms with Crippen LogP contribution < -0.4 is 14.8 Å². The second kappa shape index (κ2) is 9.08. The Morgan fingerprint density at radius 1 is 1.06 bits per heavy atom. The van der Waals surface area contributed by atoms with Gasteiger partial charge in [-0.1, -0.05) is 6.07 Å². The highest BCUT2D eigenvalue weighted by atomic mass is 16.5. The van der Waals surface area contributed by atoms with E-state index in [1.165, 1.54) is 29.5 Å². The third-order valence-corrected chi connectivity index (χ3v) is 7.30. The number of hydrogen-bond donors (Lipinski definition) is 2. The molecule has 174 valence electrons. The van der Waals surface area contributed by atoms with Crippen LogP contribution in [0.25, 0.3) is 11.0 Å². The van der Waals surface area contributed by atoms with Crippen molar-refractivity contribution in [1.29, 1.82) is 0 Å². The summed E-state index contributed by atoms with van der Waals surface area (Å²) in [6.07, 6.45) is 6.32. The lowest BCUT2D eigenvalue weighted by atomic mass is 9.83. The van der Waals surface area contributed by atoms with Gasteiger partial charge in [-0.15, -0.1) is 0 Å². The minimum atomic E-state index is -0.118. The quantitative estimate of drug-likeness (QED) is 0.559. The molecule has 1 saturated heterocycles. The first-order valence-electron chi connectivity index (χ1n) is 12.1. The number of rotatable bonds is 6. The minimum absolute atomic E-state index is 0.106. The molecule has 2 fully saturated rings. The molecular formula is C27H33N3O3. The molecule has 2 unspecified atom stereocenters. The van der Waals surface area contributed by atoms with Crippen LogP contribution >= 0.6 is 0 Å². The van der Waals surface area contributed by atoms with E-state index in [4.69, 9.17) is 14.5 Å². The number of fused-ring (bicyclic) bond motifs is 1. The zero-order valence-electron chi connectivity index (χ0n) is 19.7. The predicted molar refractivity (Wildman–Crippen MR) is 129 cm³/mol. The van der Waals surface area contributed by atoms with Gasteiger partial charge in [0.1, 0.15) is 5.82 Å². The molecule has 2 N–H and O–H groups in total. The number of benzene rings is 2. The zero-order chi connectivity index (χ0) is 22.9. The van der Waals surface area contributed by atoms with Gasteiger partial charge >= 0.3 is 0 Å². The van der Waals surface area contributed by atoms with Crippen molar-refractivity contribution < 1.29 is 14.3 Å². The lowest BCUT2D eigenvalue weighted by molar-refractivity contribution is -0.127. The number of H-pyrrole nitrogens is 1. The van der Waals surface area contributed by atoms with Gasteiger partial charge in [0.2, 0.25) is 5.91 Å². The van der Waals surface area contributed by atoms with Gasteiger partial charge < -0.3 is 19.8 Å². The summed E-state index contributed by atoms with van der Waals surface area (Å²) in [4.78, 5) is 20.9. The van der Waals surface area contributed by atoms with E-state index in [1.54, 1.807) is 7.11 Å². The Labute approximate surface area is 195 Å². The Bertz CT molecular complexity index is 1120. The van der Waals surface area contributed by atoms with E-state index >= 15 is 0 Å². The van der Waals surface area contributed by atoms with E-state index < -0.39 is 0 Å². The Balaban J connectivity index is 1.34. The normalized spacial score (nSPS) is 21.4. The highest BCUT2D eigenvalue weighted by molar-refractivity contribution is 5.81. The van der Waals surface area contributed by atoms with Gasteiger partial charge in [0, 0.05) is 24.8 Å². The predicted octanol–water partition coefficient (Wildman–Crippen LogP) is 4.97. The maximum absolute atomic E-state index is 12.7. The molecule has 1 amide bonds. The number of imidazole rings is 1. The Morgan fingerprint density at radius 2 is 1.85 bits per heavy atom. The molecule has 0 spiro atoms.